The van der Waals surface area contributed by atoms with E-state index in [1.54, 1.807) is 0 Å². The largest absolute Gasteiger partial charge is 0.414 e. The second-order valence-corrected chi connectivity index (χ2v) is 13.8. The highest BCUT2D eigenvalue weighted by Crippen LogP contribution is 2.42. The van der Waals surface area contributed by atoms with Gasteiger partial charge in [-0.05, 0) is 44.8 Å². The molecule has 2 aliphatic heterocycles. The minimum absolute atomic E-state index is 0.0224. The molecule has 0 aliphatic carbocycles. The second kappa shape index (κ2) is 7.09. The summed E-state index contributed by atoms with van der Waals surface area (Å²) < 4.78 is 24.9. The van der Waals surface area contributed by atoms with Crippen LogP contribution in [0.25, 0.3) is 0 Å². The van der Waals surface area contributed by atoms with Crippen molar-refractivity contribution in [3.63, 3.8) is 0 Å². The number of rotatable bonds is 6. The molecule has 24 heavy (non-hydrogen) atoms. The van der Waals surface area contributed by atoms with Gasteiger partial charge in [0, 0.05) is 6.42 Å². The number of hydrogen-bond acceptors (Lipinski definition) is 4. The van der Waals surface area contributed by atoms with Crippen LogP contribution in [-0.4, -0.2) is 45.1 Å². The lowest BCUT2D eigenvalue weighted by atomic mass is 10.0. The molecule has 2 fully saturated rings. The number of terminal acetylenes is 1. The fourth-order valence-corrected chi connectivity index (χ4v) is 4.06. The van der Waals surface area contributed by atoms with Gasteiger partial charge in [-0.15, -0.1) is 12.3 Å². The third-order valence-electron chi connectivity index (χ3n) is 5.47. The molecule has 4 nitrogen and oxygen atoms in total. The zero-order valence-corrected chi connectivity index (χ0v) is 17.3. The first kappa shape index (κ1) is 19.9. The summed E-state index contributed by atoms with van der Waals surface area (Å²) in [5.41, 5.74) is 0. The van der Waals surface area contributed by atoms with Gasteiger partial charge in [-0.1, -0.05) is 20.8 Å². The van der Waals surface area contributed by atoms with Crippen LogP contribution in [0, 0.1) is 12.3 Å². The average molecular weight is 355 g/mol. The fourth-order valence-electron chi connectivity index (χ4n) is 3.05. The summed E-state index contributed by atoms with van der Waals surface area (Å²) in [5, 5.41) is 0.184. The lowest BCUT2D eigenvalue weighted by Gasteiger charge is -2.37. The van der Waals surface area contributed by atoms with Gasteiger partial charge in [0.1, 0.15) is 18.3 Å². The van der Waals surface area contributed by atoms with Gasteiger partial charge in [0.25, 0.3) is 0 Å². The van der Waals surface area contributed by atoms with Gasteiger partial charge in [-0.25, -0.2) is 0 Å². The summed E-state index contributed by atoms with van der Waals surface area (Å²) in [4.78, 5) is 0. The van der Waals surface area contributed by atoms with Crippen LogP contribution in [0.4, 0.5) is 0 Å². The summed E-state index contributed by atoms with van der Waals surface area (Å²) in [6.45, 7) is 15.8. The van der Waals surface area contributed by atoms with Crippen molar-refractivity contribution in [1.82, 2.24) is 0 Å². The van der Waals surface area contributed by atoms with Gasteiger partial charge >= 0.3 is 0 Å². The number of unbranched alkanes of at least 4 members (excludes halogenated alkanes) is 1. The van der Waals surface area contributed by atoms with E-state index < -0.39 is 14.1 Å². The topological polar surface area (TPSA) is 36.9 Å². The zero-order chi connectivity index (χ0) is 18.2. The Labute approximate surface area is 148 Å². The Morgan fingerprint density at radius 3 is 2.25 bits per heavy atom. The zero-order valence-electron chi connectivity index (χ0n) is 16.3. The first-order chi connectivity index (χ1) is 11.0. The van der Waals surface area contributed by atoms with Crippen LogP contribution < -0.4 is 0 Å². The minimum Gasteiger partial charge on any atom is -0.414 e. The molecule has 0 bridgehead atoms. The molecule has 2 heterocycles. The SMILES string of the molecule is C#CCCC[C@H]1O[C@H](CO[Si](C)(C)C(C)(C)C)[C@H]2OC(C)(C)O[C@H]21. The Hall–Kier alpha value is -0.383. The van der Waals surface area contributed by atoms with Crippen LogP contribution in [0.3, 0.4) is 0 Å². The quantitative estimate of drug-likeness (QED) is 0.409. The van der Waals surface area contributed by atoms with E-state index in [0.29, 0.717) is 6.61 Å². The molecular formula is C19H34O4Si. The predicted molar refractivity (Wildman–Crippen MR) is 98.3 cm³/mol. The van der Waals surface area contributed by atoms with Crippen molar-refractivity contribution < 1.29 is 18.6 Å². The third-order valence-corrected chi connectivity index (χ3v) is 9.97. The normalized spacial score (nSPS) is 32.6. The monoisotopic (exact) mass is 354 g/mol. The molecule has 2 saturated heterocycles. The minimum atomic E-state index is -1.81. The van der Waals surface area contributed by atoms with E-state index >= 15 is 0 Å². The second-order valence-electron chi connectivity index (χ2n) is 8.95. The van der Waals surface area contributed by atoms with E-state index in [1.165, 1.54) is 0 Å². The standard InChI is InChI=1S/C19H34O4Si/c1-9-10-11-12-14-16-17(23-19(5,6)22-16)15(21-14)13-20-24(7,8)18(2,3)4/h1,14-17H,10-13H2,2-8H3/t14-,15-,16+,17-/m1/s1. The molecule has 2 aliphatic rings. The molecule has 0 aromatic heterocycles. The first-order valence-corrected chi connectivity index (χ1v) is 12.0. The molecule has 0 radical (unpaired) electrons. The van der Waals surface area contributed by atoms with Crippen LogP contribution in [-0.2, 0) is 18.6 Å². The Morgan fingerprint density at radius 1 is 1.12 bits per heavy atom. The highest BCUT2D eigenvalue weighted by atomic mass is 28.4. The summed E-state index contributed by atoms with van der Waals surface area (Å²) in [6.07, 6.45) is 7.88. The Bertz CT molecular complexity index is 475. The molecule has 0 aromatic carbocycles. The number of fused-ring (bicyclic) bond motifs is 1. The highest BCUT2D eigenvalue weighted by molar-refractivity contribution is 6.74. The molecule has 0 amide bonds. The Morgan fingerprint density at radius 2 is 1.71 bits per heavy atom. The van der Waals surface area contributed by atoms with Gasteiger partial charge in [0.2, 0.25) is 0 Å². The Kier molecular flexibility index (Phi) is 5.89. The molecule has 138 valence electrons. The maximum atomic E-state index is 6.37. The van der Waals surface area contributed by atoms with E-state index in [2.05, 4.69) is 39.8 Å². The molecule has 0 saturated carbocycles. The highest BCUT2D eigenvalue weighted by Gasteiger charge is 2.55. The average Bonchev–Trinajstić information content (AvgIpc) is 2.90. The number of hydrogen-bond donors (Lipinski definition) is 0. The maximum absolute atomic E-state index is 6.37. The summed E-state index contributed by atoms with van der Waals surface area (Å²) in [6, 6.07) is 0. The van der Waals surface area contributed by atoms with Crippen molar-refractivity contribution in [3.05, 3.63) is 0 Å². The van der Waals surface area contributed by atoms with Crippen LogP contribution in [0.5, 0.6) is 0 Å². The predicted octanol–water partition coefficient (Wildman–Crippen LogP) is 4.10. The van der Waals surface area contributed by atoms with Gasteiger partial charge in [-0.2, -0.15) is 0 Å². The number of ether oxygens (including phenoxy) is 3. The summed E-state index contributed by atoms with van der Waals surface area (Å²) in [5.74, 6) is 2.14. The van der Waals surface area contributed by atoms with Crippen molar-refractivity contribution in [1.29, 1.82) is 0 Å². The van der Waals surface area contributed by atoms with Crippen LogP contribution in [0.2, 0.25) is 18.1 Å². The van der Waals surface area contributed by atoms with E-state index in [1.807, 2.05) is 13.8 Å². The first-order valence-electron chi connectivity index (χ1n) is 9.05. The lowest BCUT2D eigenvalue weighted by Crippen LogP contribution is -2.44. The van der Waals surface area contributed by atoms with Crippen LogP contribution in [0.15, 0.2) is 0 Å². The molecule has 5 heteroatoms. The molecule has 0 N–H and O–H groups in total. The van der Waals surface area contributed by atoms with Gasteiger partial charge in [0.15, 0.2) is 14.1 Å². The van der Waals surface area contributed by atoms with E-state index in [0.717, 1.165) is 19.3 Å². The van der Waals surface area contributed by atoms with Gasteiger partial charge in [-0.3, -0.25) is 0 Å². The van der Waals surface area contributed by atoms with E-state index in [-0.39, 0.29) is 29.5 Å². The fraction of sp³-hybridized carbons (Fsp3) is 0.895. The van der Waals surface area contributed by atoms with E-state index in [4.69, 9.17) is 25.1 Å². The van der Waals surface area contributed by atoms with Gasteiger partial charge < -0.3 is 18.6 Å². The molecule has 0 unspecified atom stereocenters. The van der Waals surface area contributed by atoms with E-state index in [9.17, 15) is 0 Å². The van der Waals surface area contributed by atoms with Gasteiger partial charge in [0.05, 0.1) is 12.7 Å². The summed E-state index contributed by atoms with van der Waals surface area (Å²) in [7, 11) is -1.81. The van der Waals surface area contributed by atoms with Crippen molar-refractivity contribution in [2.24, 2.45) is 0 Å². The van der Waals surface area contributed by atoms with Crippen molar-refractivity contribution in [3.8, 4) is 12.3 Å². The van der Waals surface area contributed by atoms with Crippen molar-refractivity contribution >= 4 is 8.32 Å². The molecular weight excluding hydrogens is 320 g/mol. The van der Waals surface area contributed by atoms with Crippen molar-refractivity contribution in [2.75, 3.05) is 6.61 Å². The summed E-state index contributed by atoms with van der Waals surface area (Å²) >= 11 is 0. The Balaban J connectivity index is 2.01. The molecule has 0 spiro atoms. The molecule has 2 rings (SSSR count). The molecule has 4 atom stereocenters. The third kappa shape index (κ3) is 4.42. The van der Waals surface area contributed by atoms with Crippen LogP contribution in [0.1, 0.15) is 53.9 Å². The van der Waals surface area contributed by atoms with Crippen molar-refractivity contribution in [2.45, 2.75) is 102 Å². The smallest absolute Gasteiger partial charge is 0.192 e. The maximum Gasteiger partial charge on any atom is 0.192 e. The van der Waals surface area contributed by atoms with Crippen LogP contribution >= 0.6 is 0 Å². The molecule has 0 aromatic rings. The lowest BCUT2D eigenvalue weighted by molar-refractivity contribution is -0.190.